The monoisotopic (exact) mass is 272 g/mol. The Labute approximate surface area is 121 Å². The molecule has 2 aromatic heterocycles. The van der Waals surface area contributed by atoms with Crippen LogP contribution in [0, 0.1) is 0 Å². The average Bonchev–Trinajstić information content (AvgIpc) is 2.85. The molecule has 108 valence electrons. The van der Waals surface area contributed by atoms with Crippen LogP contribution in [0.2, 0.25) is 0 Å². The minimum absolute atomic E-state index is 0.477. The van der Waals surface area contributed by atoms with Gasteiger partial charge >= 0.3 is 0 Å². The molecule has 0 radical (unpaired) electrons. The molecule has 0 aliphatic rings. The number of imidazole rings is 1. The van der Waals surface area contributed by atoms with Crippen LogP contribution in [0.25, 0.3) is 0 Å². The predicted octanol–water partition coefficient (Wildman–Crippen LogP) is 2.78. The van der Waals surface area contributed by atoms with Gasteiger partial charge in [-0.25, -0.2) is 4.98 Å². The summed E-state index contributed by atoms with van der Waals surface area (Å²) in [7, 11) is 0. The van der Waals surface area contributed by atoms with Crippen molar-refractivity contribution in [3.05, 3.63) is 47.8 Å². The van der Waals surface area contributed by atoms with Gasteiger partial charge in [-0.1, -0.05) is 26.8 Å². The number of hydrogen-bond acceptors (Lipinski definition) is 3. The average molecular weight is 272 g/mol. The van der Waals surface area contributed by atoms with Gasteiger partial charge in [0, 0.05) is 31.4 Å². The summed E-state index contributed by atoms with van der Waals surface area (Å²) in [6, 6.07) is 6.70. The molecule has 0 aromatic carbocycles. The van der Waals surface area contributed by atoms with E-state index in [1.54, 1.807) is 0 Å². The van der Waals surface area contributed by atoms with Crippen LogP contribution in [0.1, 0.15) is 44.4 Å². The number of rotatable bonds is 7. The van der Waals surface area contributed by atoms with Crippen LogP contribution in [-0.2, 0) is 19.5 Å². The molecule has 1 N–H and O–H groups in total. The van der Waals surface area contributed by atoms with Gasteiger partial charge in [0.05, 0.1) is 17.9 Å². The third kappa shape index (κ3) is 4.17. The molecule has 0 saturated carbocycles. The Morgan fingerprint density at radius 3 is 2.80 bits per heavy atom. The number of aromatic nitrogens is 3. The van der Waals surface area contributed by atoms with Crippen molar-refractivity contribution >= 4 is 0 Å². The van der Waals surface area contributed by atoms with E-state index in [1.165, 1.54) is 0 Å². The second kappa shape index (κ2) is 7.20. The minimum Gasteiger partial charge on any atom is -0.329 e. The van der Waals surface area contributed by atoms with Crippen LogP contribution in [0.5, 0.6) is 0 Å². The van der Waals surface area contributed by atoms with E-state index in [-0.39, 0.29) is 0 Å². The van der Waals surface area contributed by atoms with Gasteiger partial charge in [0.2, 0.25) is 0 Å². The molecular formula is C16H24N4. The van der Waals surface area contributed by atoms with Gasteiger partial charge in [-0.05, 0) is 18.6 Å². The summed E-state index contributed by atoms with van der Waals surface area (Å²) in [6.07, 6.45) is 6.03. The highest BCUT2D eigenvalue weighted by Gasteiger charge is 2.04. The molecule has 0 spiro atoms. The van der Waals surface area contributed by atoms with E-state index in [1.807, 2.05) is 12.4 Å². The topological polar surface area (TPSA) is 42.7 Å². The molecular weight excluding hydrogens is 248 g/mol. The molecule has 0 unspecified atom stereocenters. The van der Waals surface area contributed by atoms with Gasteiger partial charge in [-0.2, -0.15) is 0 Å². The van der Waals surface area contributed by atoms with Gasteiger partial charge in [0.25, 0.3) is 0 Å². The zero-order valence-corrected chi connectivity index (χ0v) is 12.6. The molecule has 2 aromatic rings. The van der Waals surface area contributed by atoms with Gasteiger partial charge < -0.3 is 9.88 Å². The smallest absolute Gasteiger partial charge is 0.108 e. The number of nitrogens with one attached hydrogen (secondary N) is 1. The molecule has 2 rings (SSSR count). The van der Waals surface area contributed by atoms with Gasteiger partial charge in [0.15, 0.2) is 0 Å². The summed E-state index contributed by atoms with van der Waals surface area (Å²) in [4.78, 5) is 9.12. The first-order chi connectivity index (χ1) is 9.69. The van der Waals surface area contributed by atoms with E-state index in [9.17, 15) is 0 Å². The van der Waals surface area contributed by atoms with Crippen molar-refractivity contribution in [3.63, 3.8) is 0 Å². The maximum Gasteiger partial charge on any atom is 0.108 e. The third-order valence-electron chi connectivity index (χ3n) is 3.16. The van der Waals surface area contributed by atoms with Crippen LogP contribution in [-0.4, -0.2) is 20.6 Å². The third-order valence-corrected chi connectivity index (χ3v) is 3.16. The molecule has 0 amide bonds. The maximum atomic E-state index is 4.71. The Morgan fingerprint density at radius 1 is 1.25 bits per heavy atom. The minimum atomic E-state index is 0.477. The Hall–Kier alpha value is -1.68. The Balaban J connectivity index is 2.05. The molecule has 0 aliphatic carbocycles. The highest BCUT2D eigenvalue weighted by molar-refractivity contribution is 5.12. The van der Waals surface area contributed by atoms with E-state index in [4.69, 9.17) is 4.98 Å². The van der Waals surface area contributed by atoms with Crippen molar-refractivity contribution in [2.75, 3.05) is 0 Å². The van der Waals surface area contributed by atoms with E-state index in [0.717, 1.165) is 43.1 Å². The highest BCUT2D eigenvalue weighted by Crippen LogP contribution is 2.07. The van der Waals surface area contributed by atoms with Crippen LogP contribution >= 0.6 is 0 Å². The Morgan fingerprint density at radius 2 is 2.05 bits per heavy atom. The standard InChI is InChI=1S/C16H24N4/c1-4-6-16-17-9-10-20(16)12-15-8-5-7-14(19-15)11-18-13(2)3/h5,7-10,13,18H,4,6,11-12H2,1-3H3. The lowest BCUT2D eigenvalue weighted by Gasteiger charge is -2.10. The fourth-order valence-corrected chi connectivity index (χ4v) is 2.13. The summed E-state index contributed by atoms with van der Waals surface area (Å²) >= 11 is 0. The predicted molar refractivity (Wildman–Crippen MR) is 81.5 cm³/mol. The largest absolute Gasteiger partial charge is 0.329 e. The number of aryl methyl sites for hydroxylation is 1. The molecule has 0 bridgehead atoms. The van der Waals surface area contributed by atoms with E-state index in [2.05, 4.69) is 53.8 Å². The highest BCUT2D eigenvalue weighted by atomic mass is 15.1. The second-order valence-electron chi connectivity index (χ2n) is 5.38. The summed E-state index contributed by atoms with van der Waals surface area (Å²) in [5.74, 6) is 1.14. The molecule has 4 nitrogen and oxygen atoms in total. The molecule has 20 heavy (non-hydrogen) atoms. The van der Waals surface area contributed by atoms with E-state index >= 15 is 0 Å². The van der Waals surface area contributed by atoms with Crippen LogP contribution < -0.4 is 5.32 Å². The summed E-state index contributed by atoms with van der Waals surface area (Å²) in [5, 5.41) is 3.40. The Bertz CT molecular complexity index is 531. The molecule has 0 fully saturated rings. The zero-order chi connectivity index (χ0) is 14.4. The summed E-state index contributed by atoms with van der Waals surface area (Å²) in [5.41, 5.74) is 2.18. The van der Waals surface area contributed by atoms with Crippen LogP contribution in [0.3, 0.4) is 0 Å². The van der Waals surface area contributed by atoms with Crippen molar-refractivity contribution in [3.8, 4) is 0 Å². The fourth-order valence-electron chi connectivity index (χ4n) is 2.13. The molecule has 2 heterocycles. The van der Waals surface area contributed by atoms with Gasteiger partial charge in [-0.15, -0.1) is 0 Å². The summed E-state index contributed by atoms with van der Waals surface area (Å²) in [6.45, 7) is 8.08. The van der Waals surface area contributed by atoms with Crippen molar-refractivity contribution < 1.29 is 0 Å². The lowest BCUT2D eigenvalue weighted by atomic mass is 10.2. The van der Waals surface area contributed by atoms with E-state index < -0.39 is 0 Å². The quantitative estimate of drug-likeness (QED) is 0.843. The molecule has 0 aliphatic heterocycles. The number of hydrogen-bond donors (Lipinski definition) is 1. The number of nitrogens with zero attached hydrogens (tertiary/aromatic N) is 3. The van der Waals surface area contributed by atoms with Gasteiger partial charge in [0.1, 0.15) is 5.82 Å². The van der Waals surface area contributed by atoms with Crippen molar-refractivity contribution in [1.29, 1.82) is 0 Å². The van der Waals surface area contributed by atoms with Crippen molar-refractivity contribution in [1.82, 2.24) is 19.9 Å². The molecule has 4 heteroatoms. The SMILES string of the molecule is CCCc1nccn1Cc1cccc(CNC(C)C)n1. The Kier molecular flexibility index (Phi) is 5.30. The van der Waals surface area contributed by atoms with Crippen LogP contribution in [0.15, 0.2) is 30.6 Å². The first-order valence-corrected chi connectivity index (χ1v) is 7.37. The summed E-state index contributed by atoms with van der Waals surface area (Å²) < 4.78 is 2.19. The lowest BCUT2D eigenvalue weighted by Crippen LogP contribution is -2.22. The normalized spacial score (nSPS) is 11.2. The van der Waals surface area contributed by atoms with Crippen LogP contribution in [0.4, 0.5) is 0 Å². The van der Waals surface area contributed by atoms with E-state index in [0.29, 0.717) is 6.04 Å². The first-order valence-electron chi connectivity index (χ1n) is 7.37. The first kappa shape index (κ1) is 14.7. The van der Waals surface area contributed by atoms with Crippen molar-refractivity contribution in [2.45, 2.75) is 52.7 Å². The number of pyridine rings is 1. The lowest BCUT2D eigenvalue weighted by molar-refractivity contribution is 0.579. The zero-order valence-electron chi connectivity index (χ0n) is 12.6. The fraction of sp³-hybridized carbons (Fsp3) is 0.500. The molecule has 0 saturated heterocycles. The molecule has 0 atom stereocenters. The van der Waals surface area contributed by atoms with Crippen molar-refractivity contribution in [2.24, 2.45) is 0 Å². The second-order valence-corrected chi connectivity index (χ2v) is 5.38. The maximum absolute atomic E-state index is 4.71. The van der Waals surface area contributed by atoms with Gasteiger partial charge in [-0.3, -0.25) is 4.98 Å².